The first-order chi connectivity index (χ1) is 20.1. The molecule has 13 heteroatoms. The summed E-state index contributed by atoms with van der Waals surface area (Å²) in [6.45, 7) is 5.46. The molecule has 0 bridgehead atoms. The third-order valence-electron chi connectivity index (χ3n) is 7.61. The normalized spacial score (nSPS) is 14.7. The van der Waals surface area contributed by atoms with Crippen molar-refractivity contribution in [1.29, 1.82) is 0 Å². The molecule has 3 aromatic heterocycles. The Morgan fingerprint density at radius 1 is 1.17 bits per heavy atom. The Labute approximate surface area is 254 Å². The number of nitrogens with one attached hydrogen (secondary N) is 2. The van der Waals surface area contributed by atoms with Crippen LogP contribution >= 0.6 is 23.5 Å². The van der Waals surface area contributed by atoms with Crippen LogP contribution in [0.4, 0.5) is 17.5 Å². The summed E-state index contributed by atoms with van der Waals surface area (Å²) in [7, 11) is 5.76. The van der Waals surface area contributed by atoms with E-state index in [1.165, 1.54) is 11.9 Å². The molecule has 222 valence electrons. The molecule has 1 saturated heterocycles. The third-order valence-corrected chi connectivity index (χ3v) is 8.21. The highest BCUT2D eigenvalue weighted by atomic mass is 35.5. The molecule has 0 aliphatic carbocycles. The van der Waals surface area contributed by atoms with Gasteiger partial charge in [-0.05, 0) is 50.5 Å². The van der Waals surface area contributed by atoms with Crippen LogP contribution in [0.15, 0.2) is 41.3 Å². The number of nitrogens with zero attached hydrogens (tertiary/aromatic N) is 7. The van der Waals surface area contributed by atoms with Gasteiger partial charge in [-0.1, -0.05) is 29.6 Å². The molecule has 0 radical (unpaired) electrons. The van der Waals surface area contributed by atoms with Crippen LogP contribution in [0.5, 0.6) is 0 Å². The second kappa shape index (κ2) is 12.2. The average molecular weight is 610 g/mol. The maximum absolute atomic E-state index is 13.7. The zero-order valence-corrected chi connectivity index (χ0v) is 26.3. The van der Waals surface area contributed by atoms with Gasteiger partial charge in [-0.3, -0.25) is 23.6 Å². The number of carbonyl (C=O) groups is 1. The Kier molecular flexibility index (Phi) is 8.65. The summed E-state index contributed by atoms with van der Waals surface area (Å²) in [5.41, 5.74) is 3.09. The monoisotopic (exact) mass is 609 g/mol. The zero-order valence-electron chi connectivity index (χ0n) is 24.7. The molecule has 1 fully saturated rings. The molecular formula is C29H36ClN9O2S. The Morgan fingerprint density at radius 3 is 2.57 bits per heavy atom. The number of aromatic nitrogens is 5. The molecule has 11 nitrogen and oxygen atoms in total. The molecule has 0 spiro atoms. The van der Waals surface area contributed by atoms with Gasteiger partial charge in [0.1, 0.15) is 11.0 Å². The molecule has 0 saturated carbocycles. The molecular weight excluding hydrogens is 574 g/mol. The van der Waals surface area contributed by atoms with Crippen molar-refractivity contribution in [3.8, 4) is 0 Å². The third kappa shape index (κ3) is 5.91. The number of carbonyl (C=O) groups excluding carboxylic acids is 1. The quantitative estimate of drug-likeness (QED) is 0.219. The van der Waals surface area contributed by atoms with Crippen LogP contribution in [-0.2, 0) is 7.05 Å². The number of halogens is 1. The van der Waals surface area contributed by atoms with E-state index in [0.717, 1.165) is 42.9 Å². The van der Waals surface area contributed by atoms with Gasteiger partial charge >= 0.3 is 0 Å². The summed E-state index contributed by atoms with van der Waals surface area (Å²) in [6, 6.07) is 9.33. The van der Waals surface area contributed by atoms with Crippen molar-refractivity contribution in [3.63, 3.8) is 0 Å². The molecule has 2 N–H and O–H groups in total. The van der Waals surface area contributed by atoms with Gasteiger partial charge in [0.25, 0.3) is 11.5 Å². The molecule has 42 heavy (non-hydrogen) atoms. The largest absolute Gasteiger partial charge is 0.377 e. The predicted octanol–water partition coefficient (Wildman–Crippen LogP) is 4.58. The Hall–Kier alpha value is -3.77. The highest BCUT2D eigenvalue weighted by Crippen LogP contribution is 2.31. The lowest BCUT2D eigenvalue weighted by Crippen LogP contribution is -2.39. The van der Waals surface area contributed by atoms with Crippen LogP contribution in [0.25, 0.3) is 10.9 Å². The molecule has 1 aliphatic heterocycles. The van der Waals surface area contributed by atoms with Crippen LogP contribution in [0, 0.1) is 6.92 Å². The topological polar surface area (TPSA) is 113 Å². The van der Waals surface area contributed by atoms with Crippen LogP contribution in [0.2, 0.25) is 5.15 Å². The fraction of sp³-hybridized carbons (Fsp3) is 0.414. The summed E-state index contributed by atoms with van der Waals surface area (Å²) in [5, 5.41) is 8.91. The lowest BCUT2D eigenvalue weighted by atomic mass is 10.0. The summed E-state index contributed by atoms with van der Waals surface area (Å²) < 4.78 is 6.40. The van der Waals surface area contributed by atoms with E-state index < -0.39 is 0 Å². The number of hydrogen-bond donors (Lipinski definition) is 2. The van der Waals surface area contributed by atoms with E-state index in [-0.39, 0.29) is 28.4 Å². The number of pyridine rings is 1. The smallest absolute Gasteiger partial charge is 0.281 e. The minimum Gasteiger partial charge on any atom is -0.377 e. The molecule has 1 unspecified atom stereocenters. The van der Waals surface area contributed by atoms with E-state index in [0.29, 0.717) is 28.6 Å². The van der Waals surface area contributed by atoms with Crippen molar-refractivity contribution in [2.24, 2.45) is 7.05 Å². The van der Waals surface area contributed by atoms with Crippen LogP contribution < -0.4 is 25.4 Å². The first-order valence-electron chi connectivity index (χ1n) is 13.8. The second-order valence-corrected chi connectivity index (χ2v) is 11.8. The predicted molar refractivity (Wildman–Crippen MR) is 171 cm³/mol. The lowest BCUT2D eigenvalue weighted by Gasteiger charge is -2.33. The molecule has 1 atom stereocenters. The van der Waals surface area contributed by atoms with E-state index >= 15 is 0 Å². The SMILES string of the molecule is CSNC(=O)c1nc(Cl)ccc1NC(C)c1cc(C)cc2c(=O)n(C)c(N3CCC(n4ccc(N(C)C)n4)CC3)nc12. The number of amides is 1. The first-order valence-corrected chi connectivity index (χ1v) is 15.4. The Morgan fingerprint density at radius 2 is 1.90 bits per heavy atom. The van der Waals surface area contributed by atoms with Crippen molar-refractivity contribution < 1.29 is 4.79 Å². The van der Waals surface area contributed by atoms with Crippen molar-refractivity contribution in [2.45, 2.75) is 38.8 Å². The lowest BCUT2D eigenvalue weighted by molar-refractivity contribution is 0.0980. The maximum Gasteiger partial charge on any atom is 0.281 e. The fourth-order valence-electron chi connectivity index (χ4n) is 5.43. The number of piperidine rings is 1. The first kappa shape index (κ1) is 29.7. The molecule has 1 aliphatic rings. The number of benzene rings is 1. The van der Waals surface area contributed by atoms with E-state index in [2.05, 4.69) is 19.9 Å². The van der Waals surface area contributed by atoms with E-state index in [1.54, 1.807) is 30.0 Å². The average Bonchev–Trinajstić information content (AvgIpc) is 3.47. The van der Waals surface area contributed by atoms with E-state index in [1.807, 2.05) is 61.9 Å². The summed E-state index contributed by atoms with van der Waals surface area (Å²) in [5.74, 6) is 1.23. The van der Waals surface area contributed by atoms with Crippen molar-refractivity contribution in [1.82, 2.24) is 29.0 Å². The van der Waals surface area contributed by atoms with Gasteiger partial charge < -0.3 is 15.1 Å². The van der Waals surface area contributed by atoms with E-state index in [9.17, 15) is 9.59 Å². The minimum absolute atomic E-state index is 0.0924. The van der Waals surface area contributed by atoms with Crippen LogP contribution in [0.3, 0.4) is 0 Å². The van der Waals surface area contributed by atoms with Crippen LogP contribution in [0.1, 0.15) is 53.5 Å². The number of rotatable bonds is 8. The molecule has 4 heterocycles. The van der Waals surface area contributed by atoms with E-state index in [4.69, 9.17) is 21.7 Å². The van der Waals surface area contributed by atoms with Gasteiger partial charge in [-0.2, -0.15) is 5.10 Å². The molecule has 4 aromatic rings. The van der Waals surface area contributed by atoms with Crippen molar-refractivity contribution in [2.75, 3.05) is 48.6 Å². The summed E-state index contributed by atoms with van der Waals surface area (Å²) in [6.07, 6.45) is 5.59. The van der Waals surface area contributed by atoms with Gasteiger partial charge in [-0.15, -0.1) is 0 Å². The van der Waals surface area contributed by atoms with Gasteiger partial charge in [0, 0.05) is 58.3 Å². The van der Waals surface area contributed by atoms with Gasteiger partial charge in [0.05, 0.1) is 28.7 Å². The molecule has 1 aromatic carbocycles. The van der Waals surface area contributed by atoms with Gasteiger partial charge in [0.15, 0.2) is 5.69 Å². The number of aryl methyl sites for hydroxylation is 1. The zero-order chi connectivity index (χ0) is 30.1. The standard InChI is InChI=1S/C29H36ClN9O2S/c1-17-15-20(18(2)31-22-7-8-23(30)32-26(22)27(40)35-42-6)25-21(16-17)28(41)37(5)29(33-25)38-12-9-19(10-13-38)39-14-11-24(34-39)36(3)4/h7-8,11,14-16,18-19,31H,9-10,12-13H2,1-6H3,(H,35,40). The maximum atomic E-state index is 13.7. The number of hydrogen-bond acceptors (Lipinski definition) is 9. The Bertz CT molecular complexity index is 1680. The Balaban J connectivity index is 1.46. The number of anilines is 3. The highest BCUT2D eigenvalue weighted by molar-refractivity contribution is 7.97. The molecule has 5 rings (SSSR count). The minimum atomic E-state index is -0.348. The fourth-order valence-corrected chi connectivity index (χ4v) is 5.86. The van der Waals surface area contributed by atoms with Crippen molar-refractivity contribution >= 4 is 57.8 Å². The van der Waals surface area contributed by atoms with Gasteiger partial charge in [-0.25, -0.2) is 9.97 Å². The number of fused-ring (bicyclic) bond motifs is 1. The van der Waals surface area contributed by atoms with Gasteiger partial charge in [0.2, 0.25) is 5.95 Å². The van der Waals surface area contributed by atoms with Crippen LogP contribution in [-0.4, -0.2) is 63.7 Å². The highest BCUT2D eigenvalue weighted by Gasteiger charge is 2.26. The summed E-state index contributed by atoms with van der Waals surface area (Å²) >= 11 is 7.30. The summed E-state index contributed by atoms with van der Waals surface area (Å²) in [4.78, 5) is 39.9. The second-order valence-electron chi connectivity index (χ2n) is 10.8. The van der Waals surface area contributed by atoms with Crippen molar-refractivity contribution in [3.05, 3.63) is 68.9 Å². The molecule has 1 amide bonds.